The lowest BCUT2D eigenvalue weighted by Crippen LogP contribution is -2.44. The Balaban J connectivity index is 1.85. The van der Waals surface area contributed by atoms with Crippen LogP contribution in [0.5, 0.6) is 0 Å². The van der Waals surface area contributed by atoms with Gasteiger partial charge in [-0.25, -0.2) is 9.78 Å². The van der Waals surface area contributed by atoms with Gasteiger partial charge in [-0.15, -0.1) is 0 Å². The van der Waals surface area contributed by atoms with Gasteiger partial charge in [0.15, 0.2) is 11.4 Å². The fourth-order valence-corrected chi connectivity index (χ4v) is 4.52. The van der Waals surface area contributed by atoms with E-state index in [2.05, 4.69) is 0 Å². The van der Waals surface area contributed by atoms with Gasteiger partial charge >= 0.3 is 5.97 Å². The molecule has 3 aromatic rings. The maximum atomic E-state index is 13.3. The summed E-state index contributed by atoms with van der Waals surface area (Å²) in [6.45, 7) is 3.51. The van der Waals surface area contributed by atoms with Crippen molar-refractivity contribution in [3.8, 4) is 11.4 Å². The second-order valence-electron chi connectivity index (χ2n) is 7.71. The van der Waals surface area contributed by atoms with Crippen LogP contribution in [0.15, 0.2) is 35.1 Å². The number of ketones is 1. The van der Waals surface area contributed by atoms with Gasteiger partial charge in [0.05, 0.1) is 29.0 Å². The molecule has 1 aromatic carbocycles. The average Bonchev–Trinajstić information content (AvgIpc) is 3.13. The molecular weight excluding hydrogens is 384 g/mol. The van der Waals surface area contributed by atoms with Crippen molar-refractivity contribution < 1.29 is 19.4 Å². The summed E-state index contributed by atoms with van der Waals surface area (Å²) in [7, 11) is 0. The van der Waals surface area contributed by atoms with Crippen LogP contribution >= 0.6 is 0 Å². The predicted molar refractivity (Wildman–Crippen MR) is 109 cm³/mol. The maximum Gasteiger partial charge on any atom is 0.343 e. The maximum absolute atomic E-state index is 13.3. The number of carbonyl (C=O) groups excluding carboxylic acids is 2. The monoisotopic (exact) mass is 404 g/mol. The highest BCUT2D eigenvalue weighted by Gasteiger charge is 2.45. The minimum atomic E-state index is -1.87. The first-order chi connectivity index (χ1) is 14.4. The van der Waals surface area contributed by atoms with E-state index < -0.39 is 11.6 Å². The lowest BCUT2D eigenvalue weighted by molar-refractivity contribution is -0.172. The molecule has 0 saturated carbocycles. The average molecular weight is 404 g/mol. The van der Waals surface area contributed by atoms with E-state index in [-0.39, 0.29) is 42.0 Å². The van der Waals surface area contributed by atoms with Crippen LogP contribution in [0.4, 0.5) is 0 Å². The largest absolute Gasteiger partial charge is 0.458 e. The van der Waals surface area contributed by atoms with E-state index in [1.807, 2.05) is 24.3 Å². The summed E-state index contributed by atoms with van der Waals surface area (Å²) in [6.07, 6.45) is 0.416. The minimum absolute atomic E-state index is 0.0148. The summed E-state index contributed by atoms with van der Waals surface area (Å²) in [5.41, 5.74) is 1.32. The second-order valence-corrected chi connectivity index (χ2v) is 7.71. The molecule has 5 rings (SSSR count). The Morgan fingerprint density at radius 1 is 1.23 bits per heavy atom. The third-order valence-electron chi connectivity index (χ3n) is 6.19. The highest BCUT2D eigenvalue weighted by atomic mass is 16.6. The number of hydrogen-bond acceptors (Lipinski definition) is 6. The lowest BCUT2D eigenvalue weighted by atomic mass is 9.86. The molecule has 0 fully saturated rings. The molecule has 7 nitrogen and oxygen atoms in total. The Bertz CT molecular complexity index is 1320. The molecule has 2 aliphatic heterocycles. The zero-order valence-corrected chi connectivity index (χ0v) is 16.7. The summed E-state index contributed by atoms with van der Waals surface area (Å²) in [5.74, 6) is -0.771. The number of fused-ring (bicyclic) bond motifs is 5. The molecule has 2 aromatic heterocycles. The fourth-order valence-electron chi connectivity index (χ4n) is 4.52. The standard InChI is InChI=1S/C23H20N2O5/c1-3-18(26)19-12-7-5-6-8-16(12)24-20-13(19)10-25-17(20)9-15-14(21(25)27)11-30-22(28)23(15,29)4-2/h5-9,29H,3-4,10-11H2,1-2H3/t23-/m0/s1. The molecule has 1 atom stereocenters. The van der Waals surface area contributed by atoms with Gasteiger partial charge in [0.25, 0.3) is 5.56 Å². The molecule has 1 N–H and O–H groups in total. The van der Waals surface area contributed by atoms with Crippen LogP contribution in [-0.4, -0.2) is 26.4 Å². The second kappa shape index (κ2) is 6.34. The van der Waals surface area contributed by atoms with Crippen LogP contribution in [0.2, 0.25) is 0 Å². The SMILES string of the molecule is CCC(=O)c1c2c(nc3ccccc13)-c1cc3c(c(=O)n1C2)COC(=O)[C@]3(O)CC. The van der Waals surface area contributed by atoms with Crippen LogP contribution < -0.4 is 5.56 Å². The first-order valence-electron chi connectivity index (χ1n) is 10.0. The van der Waals surface area contributed by atoms with E-state index in [0.717, 1.165) is 5.39 Å². The smallest absolute Gasteiger partial charge is 0.343 e. The molecule has 30 heavy (non-hydrogen) atoms. The zero-order chi connectivity index (χ0) is 21.2. The number of aromatic nitrogens is 2. The number of rotatable bonds is 3. The number of Topliss-reactive ketones (excluding diaryl/α,β-unsaturated/α-hetero) is 1. The number of carbonyl (C=O) groups is 2. The Labute approximate surface area is 171 Å². The van der Waals surface area contributed by atoms with Crippen molar-refractivity contribution in [1.29, 1.82) is 0 Å². The highest BCUT2D eigenvalue weighted by Crippen LogP contribution is 2.40. The number of benzene rings is 1. The zero-order valence-electron chi connectivity index (χ0n) is 16.7. The van der Waals surface area contributed by atoms with Crippen molar-refractivity contribution in [2.45, 2.75) is 45.4 Å². The number of hydrogen-bond donors (Lipinski definition) is 1. The van der Waals surface area contributed by atoms with Gasteiger partial charge in [-0.3, -0.25) is 9.59 Å². The van der Waals surface area contributed by atoms with Crippen LogP contribution in [0.3, 0.4) is 0 Å². The number of aliphatic hydroxyl groups is 1. The predicted octanol–water partition coefficient (Wildman–Crippen LogP) is 2.67. The van der Waals surface area contributed by atoms with E-state index in [1.54, 1.807) is 24.5 Å². The van der Waals surface area contributed by atoms with Crippen molar-refractivity contribution in [2.24, 2.45) is 0 Å². The van der Waals surface area contributed by atoms with Crippen LogP contribution in [0.1, 0.15) is 53.7 Å². The van der Waals surface area contributed by atoms with Crippen molar-refractivity contribution >= 4 is 22.7 Å². The molecule has 0 radical (unpaired) electrons. The summed E-state index contributed by atoms with van der Waals surface area (Å²) in [6, 6.07) is 9.07. The normalized spacial score (nSPS) is 19.2. The first kappa shape index (κ1) is 18.7. The van der Waals surface area contributed by atoms with Crippen molar-refractivity contribution in [3.63, 3.8) is 0 Å². The first-order valence-corrected chi connectivity index (χ1v) is 10.0. The summed E-state index contributed by atoms with van der Waals surface area (Å²) in [5, 5.41) is 11.7. The number of nitrogens with zero attached hydrogens (tertiary/aromatic N) is 2. The summed E-state index contributed by atoms with van der Waals surface area (Å²) < 4.78 is 6.65. The van der Waals surface area contributed by atoms with Crippen LogP contribution in [0, 0.1) is 0 Å². The molecule has 7 heteroatoms. The van der Waals surface area contributed by atoms with Crippen LogP contribution in [0.25, 0.3) is 22.3 Å². The Hall–Kier alpha value is -3.32. The van der Waals surface area contributed by atoms with Gasteiger partial charge in [-0.1, -0.05) is 32.0 Å². The number of cyclic esters (lactones) is 1. The molecule has 0 aliphatic carbocycles. The van der Waals surface area contributed by atoms with Crippen molar-refractivity contribution in [2.75, 3.05) is 0 Å². The highest BCUT2D eigenvalue weighted by molar-refractivity contribution is 6.10. The molecule has 0 amide bonds. The molecule has 0 bridgehead atoms. The van der Waals surface area contributed by atoms with E-state index in [4.69, 9.17) is 9.72 Å². The van der Waals surface area contributed by atoms with Crippen LogP contribution in [-0.2, 0) is 28.3 Å². The van der Waals surface area contributed by atoms with Gasteiger partial charge in [0, 0.05) is 28.5 Å². The number of pyridine rings is 2. The minimum Gasteiger partial charge on any atom is -0.458 e. The van der Waals surface area contributed by atoms with E-state index >= 15 is 0 Å². The quantitative estimate of drug-likeness (QED) is 0.416. The molecule has 2 aliphatic rings. The molecule has 0 spiro atoms. The Kier molecular flexibility index (Phi) is 3.95. The van der Waals surface area contributed by atoms with Crippen molar-refractivity contribution in [3.05, 3.63) is 62.9 Å². The Morgan fingerprint density at radius 3 is 2.73 bits per heavy atom. The van der Waals surface area contributed by atoms with Crippen molar-refractivity contribution in [1.82, 2.24) is 9.55 Å². The third-order valence-corrected chi connectivity index (χ3v) is 6.19. The van der Waals surface area contributed by atoms with Gasteiger partial charge in [0.1, 0.15) is 6.61 Å². The van der Waals surface area contributed by atoms with Gasteiger partial charge in [-0.2, -0.15) is 0 Å². The molecule has 0 unspecified atom stereocenters. The lowest BCUT2D eigenvalue weighted by Gasteiger charge is -2.31. The van der Waals surface area contributed by atoms with E-state index in [1.165, 1.54) is 0 Å². The third kappa shape index (κ3) is 2.29. The van der Waals surface area contributed by atoms with E-state index in [9.17, 15) is 19.5 Å². The Morgan fingerprint density at radius 2 is 2.00 bits per heavy atom. The van der Waals surface area contributed by atoms with E-state index in [0.29, 0.717) is 34.5 Å². The fraction of sp³-hybridized carbons (Fsp3) is 0.304. The molecular formula is C23H20N2O5. The van der Waals surface area contributed by atoms with Gasteiger partial charge < -0.3 is 14.4 Å². The topological polar surface area (TPSA) is 98.5 Å². The number of esters is 1. The summed E-state index contributed by atoms with van der Waals surface area (Å²) >= 11 is 0. The van der Waals surface area contributed by atoms with Gasteiger partial charge in [-0.05, 0) is 18.6 Å². The van der Waals surface area contributed by atoms with Gasteiger partial charge in [0.2, 0.25) is 0 Å². The molecule has 0 saturated heterocycles. The molecule has 152 valence electrons. The number of ether oxygens (including phenoxy) is 1. The molecule has 4 heterocycles. The summed E-state index contributed by atoms with van der Waals surface area (Å²) in [4.78, 5) is 43.2. The number of para-hydroxylation sites is 1.